The topological polar surface area (TPSA) is 24.1 Å². The Balaban J connectivity index is 2.02. The van der Waals surface area contributed by atoms with Gasteiger partial charge in [0.25, 0.3) is 0 Å². The van der Waals surface area contributed by atoms with Crippen molar-refractivity contribution < 1.29 is 0 Å². The maximum atomic E-state index is 4.10. The molecule has 0 amide bonds. The number of benzene rings is 1. The van der Waals surface area contributed by atoms with Crippen LogP contribution in [0.25, 0.3) is 0 Å². The van der Waals surface area contributed by atoms with Crippen molar-refractivity contribution in [3.8, 4) is 0 Å². The molecular formula is C13H18N2. The second-order valence-corrected chi connectivity index (χ2v) is 4.11. The molecule has 0 radical (unpaired) electrons. The summed E-state index contributed by atoms with van der Waals surface area (Å²) >= 11 is 0. The zero-order valence-electron chi connectivity index (χ0n) is 9.22. The van der Waals surface area contributed by atoms with E-state index in [-0.39, 0.29) is 0 Å². The minimum Gasteiger partial charge on any atom is -0.358 e. The van der Waals surface area contributed by atoms with Crippen LogP contribution in [0, 0.1) is 6.92 Å². The fraction of sp³-hybridized carbons (Fsp3) is 0.385. The Morgan fingerprint density at radius 1 is 1.47 bits per heavy atom. The van der Waals surface area contributed by atoms with Crippen LogP contribution in [0.4, 0.5) is 5.69 Å². The van der Waals surface area contributed by atoms with Gasteiger partial charge in [0, 0.05) is 17.4 Å². The Morgan fingerprint density at radius 3 is 2.93 bits per heavy atom. The van der Waals surface area contributed by atoms with Gasteiger partial charge in [0.15, 0.2) is 0 Å². The third-order valence-corrected chi connectivity index (χ3v) is 2.92. The Hall–Kier alpha value is -1.28. The van der Waals surface area contributed by atoms with Crippen molar-refractivity contribution in [2.75, 3.05) is 11.9 Å². The second kappa shape index (κ2) is 4.49. The number of rotatable bonds is 3. The number of aryl methyl sites for hydroxylation is 1. The number of hydrogen-bond acceptors (Lipinski definition) is 2. The molecule has 0 unspecified atom stereocenters. The summed E-state index contributed by atoms with van der Waals surface area (Å²) < 4.78 is 0. The molecule has 1 atom stereocenters. The summed E-state index contributed by atoms with van der Waals surface area (Å²) in [6, 6.07) is 8.74. The van der Waals surface area contributed by atoms with Gasteiger partial charge in [0.05, 0.1) is 0 Å². The summed E-state index contributed by atoms with van der Waals surface area (Å²) in [7, 11) is 0. The van der Waals surface area contributed by atoms with Crippen molar-refractivity contribution >= 4 is 5.69 Å². The summed E-state index contributed by atoms with van der Waals surface area (Å²) in [6.45, 7) is 7.32. The van der Waals surface area contributed by atoms with Crippen LogP contribution in [0.1, 0.15) is 18.4 Å². The first-order chi connectivity index (χ1) is 7.27. The minimum atomic E-state index is 0.435. The number of anilines is 1. The number of nitrogens with one attached hydrogen (secondary N) is 2. The Bertz CT molecular complexity index is 351. The molecule has 0 spiro atoms. The van der Waals surface area contributed by atoms with Gasteiger partial charge in [-0.05, 0) is 37.9 Å². The van der Waals surface area contributed by atoms with E-state index in [0.29, 0.717) is 6.04 Å². The molecule has 1 aromatic carbocycles. The van der Waals surface area contributed by atoms with Gasteiger partial charge < -0.3 is 10.6 Å². The SMILES string of the molecule is C=C(Nc1ccccc1C)[C@H]1CCCN1. The van der Waals surface area contributed by atoms with E-state index >= 15 is 0 Å². The molecular weight excluding hydrogens is 184 g/mol. The molecule has 2 nitrogen and oxygen atoms in total. The molecule has 0 saturated carbocycles. The van der Waals surface area contributed by atoms with Gasteiger partial charge in [-0.2, -0.15) is 0 Å². The lowest BCUT2D eigenvalue weighted by Crippen LogP contribution is -2.26. The van der Waals surface area contributed by atoms with E-state index in [1.165, 1.54) is 18.4 Å². The monoisotopic (exact) mass is 202 g/mol. The van der Waals surface area contributed by atoms with Gasteiger partial charge in [-0.25, -0.2) is 0 Å². The zero-order valence-corrected chi connectivity index (χ0v) is 9.22. The lowest BCUT2D eigenvalue weighted by Gasteiger charge is -2.17. The molecule has 1 aliphatic heterocycles. The first-order valence-electron chi connectivity index (χ1n) is 5.52. The first kappa shape index (κ1) is 10.2. The van der Waals surface area contributed by atoms with Crippen molar-refractivity contribution in [3.05, 3.63) is 42.1 Å². The molecule has 1 fully saturated rings. The van der Waals surface area contributed by atoms with E-state index in [1.54, 1.807) is 0 Å². The lowest BCUT2D eigenvalue weighted by molar-refractivity contribution is 0.695. The molecule has 0 bridgehead atoms. The van der Waals surface area contributed by atoms with Crippen LogP contribution in [0.3, 0.4) is 0 Å². The fourth-order valence-corrected chi connectivity index (χ4v) is 1.96. The van der Waals surface area contributed by atoms with E-state index in [1.807, 2.05) is 6.07 Å². The molecule has 1 saturated heterocycles. The highest BCUT2D eigenvalue weighted by atomic mass is 15.0. The third-order valence-electron chi connectivity index (χ3n) is 2.92. The van der Waals surface area contributed by atoms with Crippen LogP contribution in [-0.2, 0) is 0 Å². The van der Waals surface area contributed by atoms with Gasteiger partial charge in [0.1, 0.15) is 0 Å². The van der Waals surface area contributed by atoms with Crippen molar-refractivity contribution in [1.82, 2.24) is 5.32 Å². The number of hydrogen-bond donors (Lipinski definition) is 2. The van der Waals surface area contributed by atoms with Crippen molar-refractivity contribution in [1.29, 1.82) is 0 Å². The van der Waals surface area contributed by atoms with E-state index in [2.05, 4.69) is 42.3 Å². The standard InChI is InChI=1S/C13H18N2/c1-10-6-3-4-7-12(10)15-11(2)13-8-5-9-14-13/h3-4,6-7,13-15H,2,5,8-9H2,1H3/t13-/m1/s1. The maximum absolute atomic E-state index is 4.10. The molecule has 1 aromatic rings. The molecule has 1 aliphatic rings. The van der Waals surface area contributed by atoms with Crippen LogP contribution >= 0.6 is 0 Å². The molecule has 15 heavy (non-hydrogen) atoms. The highest BCUT2D eigenvalue weighted by molar-refractivity contribution is 5.54. The molecule has 80 valence electrons. The fourth-order valence-electron chi connectivity index (χ4n) is 1.96. The molecule has 0 aliphatic carbocycles. The third kappa shape index (κ3) is 2.39. The molecule has 1 heterocycles. The Kier molecular flexibility index (Phi) is 3.07. The smallest absolute Gasteiger partial charge is 0.0467 e. The highest BCUT2D eigenvalue weighted by Gasteiger charge is 2.17. The highest BCUT2D eigenvalue weighted by Crippen LogP contribution is 2.19. The van der Waals surface area contributed by atoms with Gasteiger partial charge in [-0.1, -0.05) is 24.8 Å². The van der Waals surface area contributed by atoms with Crippen molar-refractivity contribution in [2.45, 2.75) is 25.8 Å². The lowest BCUT2D eigenvalue weighted by atomic mass is 10.1. The molecule has 0 aromatic heterocycles. The van der Waals surface area contributed by atoms with Gasteiger partial charge in [-0.3, -0.25) is 0 Å². The van der Waals surface area contributed by atoms with E-state index < -0.39 is 0 Å². The van der Waals surface area contributed by atoms with E-state index in [9.17, 15) is 0 Å². The van der Waals surface area contributed by atoms with Crippen molar-refractivity contribution in [2.24, 2.45) is 0 Å². The van der Waals surface area contributed by atoms with Gasteiger partial charge in [-0.15, -0.1) is 0 Å². The maximum Gasteiger partial charge on any atom is 0.0467 e. The Morgan fingerprint density at radius 2 is 2.27 bits per heavy atom. The van der Waals surface area contributed by atoms with E-state index in [4.69, 9.17) is 0 Å². The molecule has 2 rings (SSSR count). The summed E-state index contributed by atoms with van der Waals surface area (Å²) in [5.74, 6) is 0. The van der Waals surface area contributed by atoms with E-state index in [0.717, 1.165) is 17.9 Å². The predicted octanol–water partition coefficient (Wildman–Crippen LogP) is 2.67. The predicted molar refractivity (Wildman–Crippen MR) is 65.0 cm³/mol. The number of para-hydroxylation sites is 1. The van der Waals surface area contributed by atoms with Crippen LogP contribution in [0.15, 0.2) is 36.5 Å². The van der Waals surface area contributed by atoms with Gasteiger partial charge in [0.2, 0.25) is 0 Å². The zero-order chi connectivity index (χ0) is 10.7. The van der Waals surface area contributed by atoms with Crippen LogP contribution in [0.2, 0.25) is 0 Å². The molecule has 2 N–H and O–H groups in total. The summed E-state index contributed by atoms with van der Waals surface area (Å²) in [5.41, 5.74) is 3.51. The van der Waals surface area contributed by atoms with Crippen LogP contribution in [0.5, 0.6) is 0 Å². The average molecular weight is 202 g/mol. The van der Waals surface area contributed by atoms with Crippen LogP contribution < -0.4 is 10.6 Å². The second-order valence-electron chi connectivity index (χ2n) is 4.11. The summed E-state index contributed by atoms with van der Waals surface area (Å²) in [4.78, 5) is 0. The van der Waals surface area contributed by atoms with Crippen molar-refractivity contribution in [3.63, 3.8) is 0 Å². The quantitative estimate of drug-likeness (QED) is 0.787. The molecule has 2 heteroatoms. The Labute approximate surface area is 91.4 Å². The van der Waals surface area contributed by atoms with Crippen LogP contribution in [-0.4, -0.2) is 12.6 Å². The van der Waals surface area contributed by atoms with Gasteiger partial charge >= 0.3 is 0 Å². The first-order valence-corrected chi connectivity index (χ1v) is 5.52. The normalized spacial score (nSPS) is 20.2. The summed E-state index contributed by atoms with van der Waals surface area (Å²) in [6.07, 6.45) is 2.44. The largest absolute Gasteiger partial charge is 0.358 e. The average Bonchev–Trinajstić information content (AvgIpc) is 2.74. The minimum absolute atomic E-state index is 0.435. The summed E-state index contributed by atoms with van der Waals surface area (Å²) in [5, 5.41) is 6.83.